The SMILES string of the molecule is CCC1(C)CN(CCC2CCC(C)CC2)C(C(C)C)CN1. The van der Waals surface area contributed by atoms with Crippen LogP contribution >= 0.6 is 0 Å². The average Bonchev–Trinajstić information content (AvgIpc) is 2.46. The van der Waals surface area contributed by atoms with Gasteiger partial charge in [-0.15, -0.1) is 0 Å². The van der Waals surface area contributed by atoms with Crippen molar-refractivity contribution < 1.29 is 0 Å². The third-order valence-electron chi connectivity index (χ3n) is 6.27. The Balaban J connectivity index is 1.87. The molecule has 1 saturated carbocycles. The zero-order valence-electron chi connectivity index (χ0n) is 15.1. The van der Waals surface area contributed by atoms with Crippen LogP contribution in [-0.2, 0) is 0 Å². The average molecular weight is 295 g/mol. The molecule has 0 aromatic rings. The highest BCUT2D eigenvalue weighted by molar-refractivity contribution is 4.95. The van der Waals surface area contributed by atoms with Gasteiger partial charge in [-0.3, -0.25) is 4.90 Å². The van der Waals surface area contributed by atoms with Crippen LogP contribution in [-0.4, -0.2) is 36.1 Å². The summed E-state index contributed by atoms with van der Waals surface area (Å²) in [7, 11) is 0. The summed E-state index contributed by atoms with van der Waals surface area (Å²) < 4.78 is 0. The second-order valence-electron chi connectivity index (χ2n) is 8.49. The van der Waals surface area contributed by atoms with Crippen molar-refractivity contribution in [1.29, 1.82) is 0 Å². The molecule has 2 fully saturated rings. The quantitative estimate of drug-likeness (QED) is 0.813. The van der Waals surface area contributed by atoms with Gasteiger partial charge in [0.1, 0.15) is 0 Å². The molecule has 0 bridgehead atoms. The molecule has 0 spiro atoms. The first-order valence-electron chi connectivity index (χ1n) is 9.42. The first-order valence-corrected chi connectivity index (χ1v) is 9.42. The summed E-state index contributed by atoms with van der Waals surface area (Å²) >= 11 is 0. The second kappa shape index (κ2) is 7.46. The summed E-state index contributed by atoms with van der Waals surface area (Å²) in [5, 5.41) is 3.81. The molecule has 1 aliphatic heterocycles. The van der Waals surface area contributed by atoms with Crippen molar-refractivity contribution in [2.45, 2.75) is 84.7 Å². The highest BCUT2D eigenvalue weighted by atomic mass is 15.3. The Morgan fingerprint density at radius 3 is 2.43 bits per heavy atom. The summed E-state index contributed by atoms with van der Waals surface area (Å²) in [6.45, 7) is 15.6. The Morgan fingerprint density at radius 1 is 1.19 bits per heavy atom. The van der Waals surface area contributed by atoms with E-state index in [4.69, 9.17) is 0 Å². The molecular weight excluding hydrogens is 256 g/mol. The number of nitrogens with zero attached hydrogens (tertiary/aromatic N) is 1. The number of hydrogen-bond donors (Lipinski definition) is 1. The van der Waals surface area contributed by atoms with Crippen molar-refractivity contribution in [3.63, 3.8) is 0 Å². The Labute approximate surface area is 133 Å². The van der Waals surface area contributed by atoms with Gasteiger partial charge in [0.2, 0.25) is 0 Å². The van der Waals surface area contributed by atoms with E-state index in [-0.39, 0.29) is 0 Å². The van der Waals surface area contributed by atoms with Crippen LogP contribution in [0.25, 0.3) is 0 Å². The highest BCUT2D eigenvalue weighted by Gasteiger charge is 2.35. The first kappa shape index (κ1) is 17.3. The van der Waals surface area contributed by atoms with Gasteiger partial charge in [-0.25, -0.2) is 0 Å². The van der Waals surface area contributed by atoms with Crippen LogP contribution in [0.1, 0.15) is 73.1 Å². The Hall–Kier alpha value is -0.0800. The van der Waals surface area contributed by atoms with Gasteiger partial charge in [-0.05, 0) is 44.1 Å². The van der Waals surface area contributed by atoms with Crippen LogP contribution in [0.5, 0.6) is 0 Å². The highest BCUT2D eigenvalue weighted by Crippen LogP contribution is 2.31. The molecule has 2 nitrogen and oxygen atoms in total. The fourth-order valence-corrected chi connectivity index (χ4v) is 4.21. The van der Waals surface area contributed by atoms with E-state index >= 15 is 0 Å². The molecule has 1 saturated heterocycles. The summed E-state index contributed by atoms with van der Waals surface area (Å²) in [5.41, 5.74) is 0.326. The molecule has 1 N–H and O–H groups in total. The molecular formula is C19H38N2. The standard InChI is InChI=1S/C19H38N2/c1-6-19(5)14-21(18(13-20-19)15(2)3)12-11-17-9-7-16(4)8-10-17/h15-18,20H,6-14H2,1-5H3. The molecule has 2 atom stereocenters. The fraction of sp³-hybridized carbons (Fsp3) is 1.00. The van der Waals surface area contributed by atoms with Crippen molar-refractivity contribution in [2.24, 2.45) is 17.8 Å². The van der Waals surface area contributed by atoms with Crippen molar-refractivity contribution >= 4 is 0 Å². The van der Waals surface area contributed by atoms with Gasteiger partial charge in [-0.2, -0.15) is 0 Å². The molecule has 2 aliphatic rings. The number of hydrogen-bond acceptors (Lipinski definition) is 2. The molecule has 0 radical (unpaired) electrons. The van der Waals surface area contributed by atoms with Crippen LogP contribution in [0, 0.1) is 17.8 Å². The Kier molecular flexibility index (Phi) is 6.14. The van der Waals surface area contributed by atoms with E-state index in [1.807, 2.05) is 0 Å². The third-order valence-corrected chi connectivity index (χ3v) is 6.27. The first-order chi connectivity index (χ1) is 9.93. The summed E-state index contributed by atoms with van der Waals surface area (Å²) in [6.07, 6.45) is 8.54. The Bertz CT molecular complexity index is 307. The van der Waals surface area contributed by atoms with E-state index in [9.17, 15) is 0 Å². The van der Waals surface area contributed by atoms with Gasteiger partial charge in [-0.1, -0.05) is 53.4 Å². The number of rotatable bonds is 5. The van der Waals surface area contributed by atoms with Crippen LogP contribution in [0.15, 0.2) is 0 Å². The molecule has 0 aromatic carbocycles. The molecule has 2 unspecified atom stereocenters. The van der Waals surface area contributed by atoms with Gasteiger partial charge in [0.15, 0.2) is 0 Å². The molecule has 0 aromatic heterocycles. The molecule has 124 valence electrons. The van der Waals surface area contributed by atoms with Crippen LogP contribution < -0.4 is 5.32 Å². The lowest BCUT2D eigenvalue weighted by Crippen LogP contribution is -2.64. The molecule has 1 heterocycles. The Morgan fingerprint density at radius 2 is 1.86 bits per heavy atom. The lowest BCUT2D eigenvalue weighted by Gasteiger charge is -2.48. The van der Waals surface area contributed by atoms with Gasteiger partial charge in [0.25, 0.3) is 0 Å². The summed E-state index contributed by atoms with van der Waals surface area (Å²) in [4.78, 5) is 2.81. The van der Waals surface area contributed by atoms with Gasteiger partial charge < -0.3 is 5.32 Å². The van der Waals surface area contributed by atoms with Gasteiger partial charge in [0.05, 0.1) is 0 Å². The predicted octanol–water partition coefficient (Wildman–Crippen LogP) is 4.30. The van der Waals surface area contributed by atoms with Crippen LogP contribution in [0.3, 0.4) is 0 Å². The zero-order chi connectivity index (χ0) is 15.5. The van der Waals surface area contributed by atoms with Crippen LogP contribution in [0.4, 0.5) is 0 Å². The number of nitrogens with one attached hydrogen (secondary N) is 1. The maximum Gasteiger partial charge on any atom is 0.0278 e. The lowest BCUT2D eigenvalue weighted by atomic mass is 9.81. The van der Waals surface area contributed by atoms with E-state index in [0.717, 1.165) is 23.8 Å². The number of piperazine rings is 1. The third kappa shape index (κ3) is 4.69. The monoisotopic (exact) mass is 294 g/mol. The predicted molar refractivity (Wildman–Crippen MR) is 92.6 cm³/mol. The van der Waals surface area contributed by atoms with E-state index in [1.54, 1.807) is 0 Å². The summed E-state index contributed by atoms with van der Waals surface area (Å²) in [6, 6.07) is 0.729. The van der Waals surface area contributed by atoms with Crippen molar-refractivity contribution in [3.05, 3.63) is 0 Å². The fourth-order valence-electron chi connectivity index (χ4n) is 4.21. The molecule has 2 heteroatoms. The lowest BCUT2D eigenvalue weighted by molar-refractivity contribution is 0.0531. The van der Waals surface area contributed by atoms with E-state index in [1.165, 1.54) is 58.2 Å². The summed E-state index contributed by atoms with van der Waals surface area (Å²) in [5.74, 6) is 2.73. The minimum Gasteiger partial charge on any atom is -0.309 e. The zero-order valence-corrected chi connectivity index (χ0v) is 15.1. The molecule has 1 aliphatic carbocycles. The smallest absolute Gasteiger partial charge is 0.0278 e. The van der Waals surface area contributed by atoms with E-state index in [0.29, 0.717) is 5.54 Å². The minimum absolute atomic E-state index is 0.326. The molecule has 2 rings (SSSR count). The minimum atomic E-state index is 0.326. The molecule has 21 heavy (non-hydrogen) atoms. The largest absolute Gasteiger partial charge is 0.309 e. The van der Waals surface area contributed by atoms with E-state index < -0.39 is 0 Å². The molecule has 0 amide bonds. The van der Waals surface area contributed by atoms with E-state index in [2.05, 4.69) is 44.8 Å². The van der Waals surface area contributed by atoms with Crippen molar-refractivity contribution in [1.82, 2.24) is 10.2 Å². The maximum atomic E-state index is 3.81. The topological polar surface area (TPSA) is 15.3 Å². The van der Waals surface area contributed by atoms with Crippen molar-refractivity contribution in [2.75, 3.05) is 19.6 Å². The normalized spacial score (nSPS) is 38.9. The van der Waals surface area contributed by atoms with Gasteiger partial charge >= 0.3 is 0 Å². The van der Waals surface area contributed by atoms with Crippen molar-refractivity contribution in [3.8, 4) is 0 Å². The van der Waals surface area contributed by atoms with Gasteiger partial charge in [0, 0.05) is 24.7 Å². The van der Waals surface area contributed by atoms with Crippen LogP contribution in [0.2, 0.25) is 0 Å². The maximum absolute atomic E-state index is 3.81. The second-order valence-corrected chi connectivity index (χ2v) is 8.49.